The van der Waals surface area contributed by atoms with Gasteiger partial charge >= 0.3 is 0 Å². The van der Waals surface area contributed by atoms with Crippen LogP contribution >= 0.6 is 0 Å². The maximum Gasteiger partial charge on any atom is 0.257 e. The van der Waals surface area contributed by atoms with Crippen LogP contribution in [0.1, 0.15) is 39.1 Å². The van der Waals surface area contributed by atoms with Crippen LogP contribution in [0.3, 0.4) is 0 Å². The highest BCUT2D eigenvalue weighted by Gasteiger charge is 2.31. The number of piperidine rings is 1. The molecule has 0 spiro atoms. The summed E-state index contributed by atoms with van der Waals surface area (Å²) in [5, 5.41) is 10.2. The van der Waals surface area contributed by atoms with E-state index in [1.807, 2.05) is 0 Å². The van der Waals surface area contributed by atoms with Crippen molar-refractivity contribution in [2.75, 3.05) is 27.3 Å². The molecule has 0 bridgehead atoms. The maximum absolute atomic E-state index is 13.0. The number of rotatable bonds is 5. The normalized spacial score (nSPS) is 16.5. The van der Waals surface area contributed by atoms with Crippen molar-refractivity contribution in [3.05, 3.63) is 53.1 Å². The first-order valence-electron chi connectivity index (χ1n) is 9.30. The van der Waals surface area contributed by atoms with Crippen LogP contribution in [-0.2, 0) is 0 Å². The molecule has 2 aromatic carbocycles. The molecule has 1 N–H and O–H groups in total. The van der Waals surface area contributed by atoms with Crippen molar-refractivity contribution >= 4 is 11.7 Å². The topological polar surface area (TPSA) is 76.1 Å². The van der Waals surface area contributed by atoms with E-state index in [9.17, 15) is 14.7 Å². The van der Waals surface area contributed by atoms with Gasteiger partial charge in [-0.15, -0.1) is 0 Å². The summed E-state index contributed by atoms with van der Waals surface area (Å²) in [6.07, 6.45) is 1.46. The summed E-state index contributed by atoms with van der Waals surface area (Å²) < 4.78 is 10.5. The van der Waals surface area contributed by atoms with Crippen LogP contribution in [0.2, 0.25) is 0 Å². The van der Waals surface area contributed by atoms with Gasteiger partial charge in [0.2, 0.25) is 0 Å². The van der Waals surface area contributed by atoms with E-state index in [1.54, 1.807) is 55.3 Å². The van der Waals surface area contributed by atoms with Crippen LogP contribution in [0.25, 0.3) is 0 Å². The summed E-state index contributed by atoms with van der Waals surface area (Å²) in [6, 6.07) is 10.2. The Labute approximate surface area is 164 Å². The molecule has 6 heteroatoms. The molecule has 1 aliphatic rings. The number of nitrogens with zero attached hydrogens (tertiary/aromatic N) is 1. The molecule has 3 rings (SSSR count). The van der Waals surface area contributed by atoms with Gasteiger partial charge in [0.15, 0.2) is 17.3 Å². The number of hydrogen-bond acceptors (Lipinski definition) is 5. The number of ether oxygens (including phenoxy) is 2. The highest BCUT2D eigenvalue weighted by Crippen LogP contribution is 2.31. The largest absolute Gasteiger partial charge is 0.507 e. The molecule has 6 nitrogen and oxygen atoms in total. The number of methoxy groups -OCH3 is 2. The minimum absolute atomic E-state index is 0.000778. The SMILES string of the molecule is COc1ccc(C(=O)C2CCCN(C(=O)c3cccc(C)c3O)C2)cc1OC. The maximum atomic E-state index is 13.0. The van der Waals surface area contributed by atoms with Gasteiger partial charge in [-0.05, 0) is 49.6 Å². The summed E-state index contributed by atoms with van der Waals surface area (Å²) >= 11 is 0. The number of phenols is 1. The van der Waals surface area contributed by atoms with E-state index in [0.29, 0.717) is 35.7 Å². The van der Waals surface area contributed by atoms with Gasteiger partial charge in [-0.1, -0.05) is 12.1 Å². The molecule has 1 fully saturated rings. The van der Waals surface area contributed by atoms with E-state index in [-0.39, 0.29) is 28.9 Å². The molecular formula is C22H25NO5. The average molecular weight is 383 g/mol. The summed E-state index contributed by atoms with van der Waals surface area (Å²) in [6.45, 7) is 2.66. The van der Waals surface area contributed by atoms with Gasteiger partial charge in [0, 0.05) is 24.6 Å². The Morgan fingerprint density at radius 3 is 2.57 bits per heavy atom. The van der Waals surface area contributed by atoms with Gasteiger partial charge in [-0.2, -0.15) is 0 Å². The lowest BCUT2D eigenvalue weighted by atomic mass is 9.89. The van der Waals surface area contributed by atoms with Gasteiger partial charge in [-0.3, -0.25) is 9.59 Å². The minimum atomic E-state index is -0.289. The lowest BCUT2D eigenvalue weighted by Crippen LogP contribution is -2.42. The molecule has 1 saturated heterocycles. The summed E-state index contributed by atoms with van der Waals surface area (Å²) in [7, 11) is 3.08. The highest BCUT2D eigenvalue weighted by molar-refractivity contribution is 6.00. The Kier molecular flexibility index (Phi) is 5.87. The van der Waals surface area contributed by atoms with Crippen molar-refractivity contribution in [1.82, 2.24) is 4.90 Å². The Hall–Kier alpha value is -3.02. The molecule has 1 aliphatic heterocycles. The number of likely N-dealkylation sites (tertiary alicyclic amines) is 1. The molecular weight excluding hydrogens is 358 g/mol. The Bertz CT molecular complexity index is 892. The molecule has 1 heterocycles. The number of ketones is 1. The van der Waals surface area contributed by atoms with Gasteiger partial charge in [-0.25, -0.2) is 0 Å². The predicted octanol–water partition coefficient (Wildman–Crippen LogP) is 3.45. The molecule has 28 heavy (non-hydrogen) atoms. The zero-order valence-electron chi connectivity index (χ0n) is 16.4. The Balaban J connectivity index is 1.78. The second-order valence-electron chi connectivity index (χ2n) is 7.00. The van der Waals surface area contributed by atoms with E-state index in [0.717, 1.165) is 12.8 Å². The number of aryl methyl sites for hydroxylation is 1. The van der Waals surface area contributed by atoms with E-state index < -0.39 is 0 Å². The molecule has 1 atom stereocenters. The Morgan fingerprint density at radius 2 is 1.86 bits per heavy atom. The first kappa shape index (κ1) is 19.7. The number of benzene rings is 2. The van der Waals surface area contributed by atoms with Crippen molar-refractivity contribution < 1.29 is 24.2 Å². The van der Waals surface area contributed by atoms with E-state index in [1.165, 1.54) is 7.11 Å². The van der Waals surface area contributed by atoms with Crippen molar-refractivity contribution in [1.29, 1.82) is 0 Å². The number of carbonyl (C=O) groups is 2. The van der Waals surface area contributed by atoms with Gasteiger partial charge < -0.3 is 19.5 Å². The van der Waals surface area contributed by atoms with Crippen LogP contribution in [0, 0.1) is 12.8 Å². The highest BCUT2D eigenvalue weighted by atomic mass is 16.5. The molecule has 2 aromatic rings. The first-order chi connectivity index (χ1) is 13.5. The fourth-order valence-electron chi connectivity index (χ4n) is 3.60. The van der Waals surface area contributed by atoms with Crippen LogP contribution < -0.4 is 9.47 Å². The number of hydrogen-bond donors (Lipinski definition) is 1. The fraction of sp³-hybridized carbons (Fsp3) is 0.364. The van der Waals surface area contributed by atoms with Crippen molar-refractivity contribution in [2.24, 2.45) is 5.92 Å². The number of amides is 1. The lowest BCUT2D eigenvalue weighted by molar-refractivity contribution is 0.0634. The Morgan fingerprint density at radius 1 is 1.11 bits per heavy atom. The average Bonchev–Trinajstić information content (AvgIpc) is 2.74. The number of carbonyl (C=O) groups excluding carboxylic acids is 2. The van der Waals surface area contributed by atoms with Crippen LogP contribution in [-0.4, -0.2) is 49.0 Å². The first-order valence-corrected chi connectivity index (χ1v) is 9.30. The molecule has 0 aromatic heterocycles. The molecule has 0 aliphatic carbocycles. The summed E-state index contributed by atoms with van der Waals surface area (Å²) in [4.78, 5) is 27.5. The van der Waals surface area contributed by atoms with Gasteiger partial charge in [0.1, 0.15) is 5.75 Å². The predicted molar refractivity (Wildman–Crippen MR) is 105 cm³/mol. The monoisotopic (exact) mass is 383 g/mol. The van der Waals surface area contributed by atoms with Gasteiger partial charge in [0.25, 0.3) is 5.91 Å². The molecule has 0 radical (unpaired) electrons. The number of aromatic hydroxyl groups is 1. The summed E-state index contributed by atoms with van der Waals surface area (Å²) in [5.74, 6) is 0.512. The molecule has 148 valence electrons. The van der Waals surface area contributed by atoms with Crippen molar-refractivity contribution in [3.63, 3.8) is 0 Å². The van der Waals surface area contributed by atoms with Crippen molar-refractivity contribution in [3.8, 4) is 17.2 Å². The zero-order chi connectivity index (χ0) is 20.3. The fourth-order valence-corrected chi connectivity index (χ4v) is 3.60. The third-order valence-electron chi connectivity index (χ3n) is 5.22. The van der Waals surface area contributed by atoms with E-state index in [2.05, 4.69) is 0 Å². The van der Waals surface area contributed by atoms with Crippen LogP contribution in [0.5, 0.6) is 17.2 Å². The smallest absolute Gasteiger partial charge is 0.257 e. The van der Waals surface area contributed by atoms with E-state index >= 15 is 0 Å². The van der Waals surface area contributed by atoms with Crippen LogP contribution in [0.15, 0.2) is 36.4 Å². The number of Topliss-reactive ketones (excluding diaryl/α,β-unsaturated/α-hetero) is 1. The molecule has 0 saturated carbocycles. The number of para-hydroxylation sites is 1. The molecule has 1 amide bonds. The standard InChI is InChI=1S/C22H25NO5/c1-14-6-4-8-17(20(14)24)22(26)23-11-5-7-16(13-23)21(25)15-9-10-18(27-2)19(12-15)28-3/h4,6,8-10,12,16,24H,5,7,11,13H2,1-3H3. The second-order valence-corrected chi connectivity index (χ2v) is 7.00. The quantitative estimate of drug-likeness (QED) is 0.801. The second kappa shape index (κ2) is 8.33. The zero-order valence-corrected chi connectivity index (χ0v) is 16.4. The number of phenolic OH excluding ortho intramolecular Hbond substituents is 1. The minimum Gasteiger partial charge on any atom is -0.507 e. The molecule has 1 unspecified atom stereocenters. The van der Waals surface area contributed by atoms with Gasteiger partial charge in [0.05, 0.1) is 19.8 Å². The van der Waals surface area contributed by atoms with E-state index in [4.69, 9.17) is 9.47 Å². The third kappa shape index (κ3) is 3.81. The van der Waals surface area contributed by atoms with Crippen LogP contribution in [0.4, 0.5) is 0 Å². The third-order valence-corrected chi connectivity index (χ3v) is 5.22. The van der Waals surface area contributed by atoms with Crippen molar-refractivity contribution in [2.45, 2.75) is 19.8 Å². The lowest BCUT2D eigenvalue weighted by Gasteiger charge is -2.32. The summed E-state index contributed by atoms with van der Waals surface area (Å²) in [5.41, 5.74) is 1.47.